The van der Waals surface area contributed by atoms with E-state index in [4.69, 9.17) is 10.5 Å². The third-order valence-corrected chi connectivity index (χ3v) is 3.91. The zero-order valence-electron chi connectivity index (χ0n) is 15.0. The van der Waals surface area contributed by atoms with Crippen molar-refractivity contribution in [2.75, 3.05) is 5.32 Å². The molecule has 0 spiro atoms. The van der Waals surface area contributed by atoms with Crippen LogP contribution in [0.15, 0.2) is 42.5 Å². The topological polar surface area (TPSA) is 81.4 Å². The summed E-state index contributed by atoms with van der Waals surface area (Å²) in [5, 5.41) is 2.71. The molecule has 1 atom stereocenters. The molecule has 0 radical (unpaired) electrons. The van der Waals surface area contributed by atoms with Gasteiger partial charge in [0, 0.05) is 0 Å². The van der Waals surface area contributed by atoms with Gasteiger partial charge in [-0.3, -0.25) is 9.59 Å². The van der Waals surface area contributed by atoms with Gasteiger partial charge in [-0.1, -0.05) is 38.1 Å². The summed E-state index contributed by atoms with van der Waals surface area (Å²) in [5.41, 5.74) is 8.09. The van der Waals surface area contributed by atoms with Gasteiger partial charge in [-0.15, -0.1) is 0 Å². The van der Waals surface area contributed by atoms with Crippen LogP contribution >= 0.6 is 0 Å². The minimum absolute atomic E-state index is 0.265. The van der Waals surface area contributed by atoms with E-state index in [0.717, 1.165) is 11.1 Å². The first kappa shape index (κ1) is 18.5. The van der Waals surface area contributed by atoms with E-state index in [9.17, 15) is 9.59 Å². The van der Waals surface area contributed by atoms with E-state index in [2.05, 4.69) is 19.2 Å². The van der Waals surface area contributed by atoms with Gasteiger partial charge in [0.25, 0.3) is 11.8 Å². The summed E-state index contributed by atoms with van der Waals surface area (Å²) in [5.74, 6) is 0.0393. The third kappa shape index (κ3) is 4.59. The van der Waals surface area contributed by atoms with E-state index in [1.165, 1.54) is 0 Å². The van der Waals surface area contributed by atoms with Crippen molar-refractivity contribution in [2.24, 2.45) is 5.73 Å². The molecule has 5 nitrogen and oxygen atoms in total. The average molecular weight is 340 g/mol. The van der Waals surface area contributed by atoms with Gasteiger partial charge in [0.05, 0.1) is 11.3 Å². The van der Waals surface area contributed by atoms with Crippen molar-refractivity contribution < 1.29 is 14.3 Å². The molecule has 0 heterocycles. The smallest absolute Gasteiger partial charge is 0.265 e. The Morgan fingerprint density at radius 3 is 2.40 bits per heavy atom. The molecule has 5 heteroatoms. The van der Waals surface area contributed by atoms with E-state index < -0.39 is 12.0 Å². The zero-order valence-corrected chi connectivity index (χ0v) is 15.0. The van der Waals surface area contributed by atoms with Crippen LogP contribution in [0.2, 0.25) is 0 Å². The molecule has 0 saturated heterocycles. The van der Waals surface area contributed by atoms with E-state index in [-0.39, 0.29) is 17.4 Å². The van der Waals surface area contributed by atoms with Crippen LogP contribution in [0, 0.1) is 6.92 Å². The molecule has 0 aliphatic carbocycles. The number of hydrogen-bond donors (Lipinski definition) is 2. The van der Waals surface area contributed by atoms with Gasteiger partial charge in [0.2, 0.25) is 0 Å². The summed E-state index contributed by atoms with van der Waals surface area (Å²) in [6.07, 6.45) is -0.722. The highest BCUT2D eigenvalue weighted by molar-refractivity contribution is 6.03. The number of anilines is 1. The zero-order chi connectivity index (χ0) is 18.6. The second-order valence-corrected chi connectivity index (χ2v) is 6.36. The summed E-state index contributed by atoms with van der Waals surface area (Å²) in [7, 11) is 0. The molecule has 0 aromatic heterocycles. The Bertz CT molecular complexity index is 784. The molecule has 3 N–H and O–H groups in total. The first-order valence-electron chi connectivity index (χ1n) is 8.26. The van der Waals surface area contributed by atoms with E-state index in [1.807, 2.05) is 25.1 Å². The fourth-order valence-corrected chi connectivity index (χ4v) is 2.51. The standard InChI is InChI=1S/C20H24N2O3/c1-12(2)15-10-9-13(3)11-18(15)25-14(4)20(24)22-17-8-6-5-7-16(17)19(21)23/h5-12,14H,1-4H3,(H2,21,23)(H,22,24)/t14-/m1/s1. The van der Waals surface area contributed by atoms with Crippen LogP contribution in [0.3, 0.4) is 0 Å². The predicted octanol–water partition coefficient (Wildman–Crippen LogP) is 3.62. The summed E-state index contributed by atoms with van der Waals surface area (Å²) >= 11 is 0. The van der Waals surface area contributed by atoms with E-state index in [0.29, 0.717) is 11.4 Å². The van der Waals surface area contributed by atoms with Gasteiger partial charge < -0.3 is 15.8 Å². The highest BCUT2D eigenvalue weighted by Gasteiger charge is 2.19. The Balaban J connectivity index is 2.17. The number of benzene rings is 2. The van der Waals surface area contributed by atoms with E-state index in [1.54, 1.807) is 31.2 Å². The number of nitrogens with two attached hydrogens (primary N) is 1. The SMILES string of the molecule is Cc1ccc(C(C)C)c(O[C@H](C)C(=O)Nc2ccccc2C(N)=O)c1. The monoisotopic (exact) mass is 340 g/mol. The van der Waals surface area contributed by atoms with Crippen LogP contribution in [-0.2, 0) is 4.79 Å². The highest BCUT2D eigenvalue weighted by Crippen LogP contribution is 2.28. The van der Waals surface area contributed by atoms with Gasteiger partial charge in [-0.2, -0.15) is 0 Å². The lowest BCUT2D eigenvalue weighted by Gasteiger charge is -2.19. The molecule has 0 fully saturated rings. The van der Waals surface area contributed by atoms with Crippen LogP contribution in [0.25, 0.3) is 0 Å². The molecule has 2 aromatic carbocycles. The number of aryl methyl sites for hydroxylation is 1. The molecule has 25 heavy (non-hydrogen) atoms. The highest BCUT2D eigenvalue weighted by atomic mass is 16.5. The lowest BCUT2D eigenvalue weighted by atomic mass is 10.0. The number of amides is 2. The molecule has 0 aliphatic rings. The largest absolute Gasteiger partial charge is 0.481 e. The fourth-order valence-electron chi connectivity index (χ4n) is 2.51. The second kappa shape index (κ2) is 7.83. The number of nitrogens with one attached hydrogen (secondary N) is 1. The Hall–Kier alpha value is -2.82. The first-order valence-corrected chi connectivity index (χ1v) is 8.26. The fraction of sp³-hybridized carbons (Fsp3) is 0.300. The summed E-state index contributed by atoms with van der Waals surface area (Å²) in [6.45, 7) is 7.80. The van der Waals surface area contributed by atoms with Gasteiger partial charge in [-0.05, 0) is 49.1 Å². The van der Waals surface area contributed by atoms with Crippen LogP contribution in [0.1, 0.15) is 48.2 Å². The number of rotatable bonds is 6. The molecular formula is C20H24N2O3. The van der Waals surface area contributed by atoms with Gasteiger partial charge in [-0.25, -0.2) is 0 Å². The summed E-state index contributed by atoms with van der Waals surface area (Å²) in [6, 6.07) is 12.6. The molecule has 2 rings (SSSR count). The molecule has 0 bridgehead atoms. The Morgan fingerprint density at radius 2 is 1.76 bits per heavy atom. The van der Waals surface area contributed by atoms with Crippen molar-refractivity contribution in [1.29, 1.82) is 0 Å². The van der Waals surface area contributed by atoms with Crippen molar-refractivity contribution >= 4 is 17.5 Å². The average Bonchev–Trinajstić information content (AvgIpc) is 2.54. The molecule has 0 unspecified atom stereocenters. The first-order chi connectivity index (χ1) is 11.8. The summed E-state index contributed by atoms with van der Waals surface area (Å²) in [4.78, 5) is 23.9. The number of carbonyl (C=O) groups excluding carboxylic acids is 2. The van der Waals surface area contributed by atoms with Crippen LogP contribution in [0.4, 0.5) is 5.69 Å². The maximum atomic E-state index is 12.5. The maximum absolute atomic E-state index is 12.5. The van der Waals surface area contributed by atoms with Gasteiger partial charge in [0.1, 0.15) is 5.75 Å². The molecule has 132 valence electrons. The Labute approximate surface area is 148 Å². The number of ether oxygens (including phenoxy) is 1. The van der Waals surface area contributed by atoms with Crippen molar-refractivity contribution in [2.45, 2.75) is 39.7 Å². The van der Waals surface area contributed by atoms with Crippen molar-refractivity contribution in [3.8, 4) is 5.75 Å². The lowest BCUT2D eigenvalue weighted by molar-refractivity contribution is -0.122. The second-order valence-electron chi connectivity index (χ2n) is 6.36. The minimum atomic E-state index is -0.722. The molecule has 2 aromatic rings. The number of hydrogen-bond acceptors (Lipinski definition) is 3. The van der Waals surface area contributed by atoms with Crippen LogP contribution in [0.5, 0.6) is 5.75 Å². The van der Waals surface area contributed by atoms with E-state index >= 15 is 0 Å². The predicted molar refractivity (Wildman–Crippen MR) is 98.9 cm³/mol. The molecular weight excluding hydrogens is 316 g/mol. The third-order valence-electron chi connectivity index (χ3n) is 3.91. The maximum Gasteiger partial charge on any atom is 0.265 e. The van der Waals surface area contributed by atoms with Crippen LogP contribution < -0.4 is 15.8 Å². The van der Waals surface area contributed by atoms with Crippen LogP contribution in [-0.4, -0.2) is 17.9 Å². The molecule has 0 saturated carbocycles. The normalized spacial score (nSPS) is 11.9. The number of para-hydroxylation sites is 1. The number of carbonyl (C=O) groups is 2. The van der Waals surface area contributed by atoms with Gasteiger partial charge >= 0.3 is 0 Å². The lowest BCUT2D eigenvalue weighted by Crippen LogP contribution is -2.31. The van der Waals surface area contributed by atoms with Crippen molar-refractivity contribution in [3.05, 3.63) is 59.2 Å². The Kier molecular flexibility index (Phi) is 5.80. The Morgan fingerprint density at radius 1 is 1.08 bits per heavy atom. The quantitative estimate of drug-likeness (QED) is 0.842. The minimum Gasteiger partial charge on any atom is -0.481 e. The van der Waals surface area contributed by atoms with Crippen molar-refractivity contribution in [1.82, 2.24) is 0 Å². The molecule has 2 amide bonds. The number of primary amides is 1. The van der Waals surface area contributed by atoms with Gasteiger partial charge in [0.15, 0.2) is 6.10 Å². The van der Waals surface area contributed by atoms with Crippen molar-refractivity contribution in [3.63, 3.8) is 0 Å². The summed E-state index contributed by atoms with van der Waals surface area (Å²) < 4.78 is 5.89. The molecule has 0 aliphatic heterocycles.